The number of hydrogen-bond acceptors (Lipinski definition) is 6. The van der Waals surface area contributed by atoms with Gasteiger partial charge in [0.25, 0.3) is 0 Å². The summed E-state index contributed by atoms with van der Waals surface area (Å²) in [4.78, 5) is 10.9. The number of amidine groups is 1. The van der Waals surface area contributed by atoms with E-state index >= 15 is 0 Å². The first-order chi connectivity index (χ1) is 13.1. The first-order valence-electron chi connectivity index (χ1n) is 9.37. The van der Waals surface area contributed by atoms with E-state index in [9.17, 15) is 4.79 Å². The highest BCUT2D eigenvalue weighted by molar-refractivity contribution is 5.96. The molecule has 146 valence electrons. The van der Waals surface area contributed by atoms with Crippen LogP contribution < -0.4 is 15.4 Å². The number of carbonyl (C=O) groups is 1. The Kier molecular flexibility index (Phi) is 6.28. The number of rotatable bonds is 5. The highest BCUT2D eigenvalue weighted by Crippen LogP contribution is 2.28. The van der Waals surface area contributed by atoms with Gasteiger partial charge in [-0.05, 0) is 55.4 Å². The lowest BCUT2D eigenvalue weighted by Gasteiger charge is -2.30. The lowest BCUT2D eigenvalue weighted by Crippen LogP contribution is -2.42. The summed E-state index contributed by atoms with van der Waals surface area (Å²) in [5.41, 5.74) is 2.03. The normalized spacial score (nSPS) is 20.3. The van der Waals surface area contributed by atoms with E-state index in [1.165, 1.54) is 0 Å². The van der Waals surface area contributed by atoms with Gasteiger partial charge in [-0.2, -0.15) is 5.10 Å². The summed E-state index contributed by atoms with van der Waals surface area (Å²) >= 11 is 0. The number of hydrogen-bond donors (Lipinski definition) is 4. The zero-order valence-electron chi connectivity index (χ0n) is 15.6. The molecule has 0 aliphatic carbocycles. The van der Waals surface area contributed by atoms with Crippen LogP contribution in [0.4, 0.5) is 4.79 Å². The maximum atomic E-state index is 10.9. The third kappa shape index (κ3) is 4.97. The van der Waals surface area contributed by atoms with Gasteiger partial charge in [0.15, 0.2) is 0 Å². The first-order valence-corrected chi connectivity index (χ1v) is 9.37. The van der Waals surface area contributed by atoms with Crippen LogP contribution in [0.5, 0.6) is 5.75 Å². The molecule has 2 aliphatic rings. The average Bonchev–Trinajstić information content (AvgIpc) is 2.66. The van der Waals surface area contributed by atoms with Gasteiger partial charge < -0.3 is 15.2 Å². The number of nitrogens with zero attached hydrogens (tertiary/aromatic N) is 2. The smallest absolute Gasteiger partial charge is 0.410 e. The van der Waals surface area contributed by atoms with Crippen LogP contribution in [0.2, 0.25) is 0 Å². The molecule has 8 heteroatoms. The Hall–Kier alpha value is -2.61. The van der Waals surface area contributed by atoms with E-state index in [1.54, 1.807) is 0 Å². The fraction of sp³-hybridized carbons (Fsp3) is 0.526. The van der Waals surface area contributed by atoms with Crippen LogP contribution in [0.3, 0.4) is 0 Å². The van der Waals surface area contributed by atoms with E-state index in [-0.39, 0.29) is 5.84 Å². The van der Waals surface area contributed by atoms with Gasteiger partial charge >= 0.3 is 6.09 Å². The maximum absolute atomic E-state index is 10.9. The summed E-state index contributed by atoms with van der Waals surface area (Å²) in [6.07, 6.45) is 3.56. The molecule has 0 aromatic heterocycles. The molecule has 1 amide bonds. The third-order valence-corrected chi connectivity index (χ3v) is 5.06. The number of ether oxygens (including phenoxy) is 1. The fourth-order valence-corrected chi connectivity index (χ4v) is 3.64. The molecule has 1 aromatic rings. The Balaban J connectivity index is 1.61. The van der Waals surface area contributed by atoms with Gasteiger partial charge in [0, 0.05) is 25.8 Å². The molecule has 0 saturated carbocycles. The summed E-state index contributed by atoms with van der Waals surface area (Å²) in [7, 11) is 0. The minimum atomic E-state index is -1.22. The lowest BCUT2D eigenvalue weighted by molar-refractivity contribution is 0.145. The summed E-state index contributed by atoms with van der Waals surface area (Å²) in [6.45, 7) is 5.20. The predicted molar refractivity (Wildman–Crippen MR) is 104 cm³/mol. The molecule has 27 heavy (non-hydrogen) atoms. The topological polar surface area (TPSA) is 110 Å². The van der Waals surface area contributed by atoms with E-state index in [1.807, 2.05) is 31.3 Å². The average molecular weight is 373 g/mol. The van der Waals surface area contributed by atoms with Gasteiger partial charge in [-0.15, -0.1) is 0 Å². The number of piperidine rings is 1. The lowest BCUT2D eigenvalue weighted by atomic mass is 9.93. The number of benzene rings is 1. The van der Waals surface area contributed by atoms with Crippen LogP contribution >= 0.6 is 0 Å². The van der Waals surface area contributed by atoms with Crippen LogP contribution in [0.1, 0.15) is 36.9 Å². The van der Waals surface area contributed by atoms with Crippen molar-refractivity contribution in [3.63, 3.8) is 0 Å². The molecule has 0 bridgehead atoms. The minimum absolute atomic E-state index is 0.0653. The third-order valence-electron chi connectivity index (χ3n) is 5.06. The van der Waals surface area contributed by atoms with Crippen LogP contribution in [0.15, 0.2) is 23.3 Å². The zero-order chi connectivity index (χ0) is 19.2. The van der Waals surface area contributed by atoms with Crippen molar-refractivity contribution in [3.8, 4) is 5.75 Å². The van der Waals surface area contributed by atoms with Crippen molar-refractivity contribution in [3.05, 3.63) is 29.3 Å². The van der Waals surface area contributed by atoms with E-state index < -0.39 is 12.1 Å². The maximum Gasteiger partial charge on any atom is 0.410 e. The van der Waals surface area contributed by atoms with Crippen molar-refractivity contribution < 1.29 is 14.6 Å². The predicted octanol–water partition coefficient (Wildman–Crippen LogP) is 2.21. The molecular weight excluding hydrogens is 346 g/mol. The zero-order valence-corrected chi connectivity index (χ0v) is 15.6. The highest BCUT2D eigenvalue weighted by atomic mass is 16.5. The molecule has 2 aliphatic heterocycles. The number of amides is 1. The van der Waals surface area contributed by atoms with Crippen molar-refractivity contribution >= 4 is 18.1 Å². The number of hydrazone groups is 1. The van der Waals surface area contributed by atoms with Gasteiger partial charge in [0.1, 0.15) is 11.6 Å². The minimum Gasteiger partial charge on any atom is -0.493 e. The second-order valence-electron chi connectivity index (χ2n) is 6.92. The Morgan fingerprint density at radius 3 is 2.96 bits per heavy atom. The molecular formula is C19H27N5O3. The molecule has 1 aromatic carbocycles. The molecule has 0 radical (unpaired) electrons. The summed E-state index contributed by atoms with van der Waals surface area (Å²) in [6, 6.07) is 5.46. The van der Waals surface area contributed by atoms with Gasteiger partial charge in [-0.3, -0.25) is 15.7 Å². The van der Waals surface area contributed by atoms with Crippen LogP contribution in [0, 0.1) is 11.3 Å². The SMILES string of the molecule is C/C=N/N1CCC(COc2ccc3c(c2)C(C(=N)NC(=O)O)NCC3)CC1. The second kappa shape index (κ2) is 8.85. The van der Waals surface area contributed by atoms with Gasteiger partial charge in [-0.25, -0.2) is 4.79 Å². The standard InChI is InChI=1S/C19H27N5O3/c1-2-22-24-9-6-13(7-10-24)12-27-15-4-3-14-5-8-21-17(16(14)11-15)18(20)23-19(25)26/h2-4,11,13,17,21H,5-10,12H2,1H3,(H2,20,23)(H,25,26)/b22-2+. The number of nitrogens with one attached hydrogen (secondary N) is 3. The Bertz CT molecular complexity index is 713. The van der Waals surface area contributed by atoms with E-state index in [4.69, 9.17) is 15.3 Å². The largest absolute Gasteiger partial charge is 0.493 e. The van der Waals surface area contributed by atoms with E-state index in [2.05, 4.69) is 20.7 Å². The van der Waals surface area contributed by atoms with Crippen LogP contribution in [-0.4, -0.2) is 54.5 Å². The van der Waals surface area contributed by atoms with Crippen molar-refractivity contribution in [2.45, 2.75) is 32.2 Å². The molecule has 1 atom stereocenters. The molecule has 8 nitrogen and oxygen atoms in total. The molecule has 1 unspecified atom stereocenters. The van der Waals surface area contributed by atoms with Crippen molar-refractivity contribution in [2.75, 3.05) is 26.2 Å². The fourth-order valence-electron chi connectivity index (χ4n) is 3.64. The monoisotopic (exact) mass is 373 g/mol. The van der Waals surface area contributed by atoms with Gasteiger partial charge in [0.2, 0.25) is 0 Å². The quantitative estimate of drug-likeness (QED) is 0.467. The van der Waals surface area contributed by atoms with Crippen molar-refractivity contribution in [1.29, 1.82) is 5.41 Å². The van der Waals surface area contributed by atoms with Gasteiger partial charge in [-0.1, -0.05) is 6.07 Å². The van der Waals surface area contributed by atoms with Crippen molar-refractivity contribution in [1.82, 2.24) is 15.6 Å². The van der Waals surface area contributed by atoms with Crippen LogP contribution in [-0.2, 0) is 6.42 Å². The molecule has 4 N–H and O–H groups in total. The molecule has 1 fully saturated rings. The summed E-state index contributed by atoms with van der Waals surface area (Å²) in [5, 5.41) is 28.7. The van der Waals surface area contributed by atoms with Crippen LogP contribution in [0.25, 0.3) is 0 Å². The number of fused-ring (bicyclic) bond motifs is 1. The summed E-state index contributed by atoms with van der Waals surface area (Å²) in [5.74, 6) is 1.20. The number of carboxylic acid groups (broad SMARTS) is 1. The second-order valence-corrected chi connectivity index (χ2v) is 6.92. The van der Waals surface area contributed by atoms with E-state index in [0.29, 0.717) is 19.1 Å². The molecule has 2 heterocycles. The van der Waals surface area contributed by atoms with Gasteiger partial charge in [0.05, 0.1) is 12.6 Å². The Morgan fingerprint density at radius 1 is 1.48 bits per heavy atom. The molecule has 3 rings (SSSR count). The Morgan fingerprint density at radius 2 is 2.26 bits per heavy atom. The first kappa shape index (κ1) is 19.2. The summed E-state index contributed by atoms with van der Waals surface area (Å²) < 4.78 is 6.02. The van der Waals surface area contributed by atoms with Crippen molar-refractivity contribution in [2.24, 2.45) is 11.0 Å². The van der Waals surface area contributed by atoms with E-state index in [0.717, 1.165) is 49.2 Å². The molecule has 1 saturated heterocycles. The molecule has 0 spiro atoms. The Labute approximate surface area is 159 Å². The highest BCUT2D eigenvalue weighted by Gasteiger charge is 2.25.